The number of halogens is 1. The minimum atomic E-state index is -0.390. The van der Waals surface area contributed by atoms with Crippen molar-refractivity contribution in [3.63, 3.8) is 0 Å². The van der Waals surface area contributed by atoms with Crippen molar-refractivity contribution in [2.75, 3.05) is 6.54 Å². The van der Waals surface area contributed by atoms with E-state index in [0.29, 0.717) is 18.5 Å². The molecular formula is C26H22BrNO. The first-order valence-electron chi connectivity index (χ1n) is 9.48. The van der Waals surface area contributed by atoms with Crippen LogP contribution in [0.15, 0.2) is 102 Å². The number of carbonyl (C=O) groups excluding carboxylic acids is 1. The summed E-state index contributed by atoms with van der Waals surface area (Å²) in [5.41, 5.74) is 2.53. The van der Waals surface area contributed by atoms with Crippen molar-refractivity contribution in [2.24, 2.45) is 0 Å². The van der Waals surface area contributed by atoms with Gasteiger partial charge in [-0.1, -0.05) is 88.4 Å². The van der Waals surface area contributed by atoms with E-state index in [0.717, 1.165) is 15.6 Å². The zero-order chi connectivity index (χ0) is 20.5. The van der Waals surface area contributed by atoms with Gasteiger partial charge in [-0.2, -0.15) is 0 Å². The van der Waals surface area contributed by atoms with Gasteiger partial charge < -0.3 is 4.90 Å². The fourth-order valence-electron chi connectivity index (χ4n) is 3.02. The molecule has 0 aromatic heterocycles. The van der Waals surface area contributed by atoms with Crippen LogP contribution in [0.3, 0.4) is 0 Å². The van der Waals surface area contributed by atoms with Gasteiger partial charge in [-0.15, -0.1) is 6.58 Å². The Hall–Kier alpha value is -3.09. The highest BCUT2D eigenvalue weighted by Crippen LogP contribution is 2.29. The van der Waals surface area contributed by atoms with E-state index in [1.54, 1.807) is 0 Å². The number of amides is 1. The van der Waals surface area contributed by atoms with Crippen molar-refractivity contribution in [3.05, 3.63) is 119 Å². The molecule has 0 aliphatic carbocycles. The summed E-state index contributed by atoms with van der Waals surface area (Å²) < 4.78 is 0.928. The highest BCUT2D eigenvalue weighted by Gasteiger charge is 2.25. The zero-order valence-electron chi connectivity index (χ0n) is 16.1. The van der Waals surface area contributed by atoms with Crippen molar-refractivity contribution >= 4 is 21.8 Å². The average molecular weight is 444 g/mol. The molecule has 0 heterocycles. The largest absolute Gasteiger partial charge is 0.320 e. The molecule has 0 aliphatic rings. The molecule has 1 atom stereocenters. The van der Waals surface area contributed by atoms with E-state index < -0.39 is 6.04 Å². The van der Waals surface area contributed by atoms with Crippen LogP contribution in [0.25, 0.3) is 0 Å². The van der Waals surface area contributed by atoms with Gasteiger partial charge in [0.1, 0.15) is 6.04 Å². The van der Waals surface area contributed by atoms with Crippen molar-refractivity contribution in [3.8, 4) is 11.8 Å². The summed E-state index contributed by atoms with van der Waals surface area (Å²) >= 11 is 3.64. The molecule has 1 unspecified atom stereocenters. The zero-order valence-corrected chi connectivity index (χ0v) is 17.7. The molecule has 3 rings (SSSR count). The minimum Gasteiger partial charge on any atom is -0.320 e. The predicted octanol–water partition coefficient (Wildman–Crippen LogP) is 6.26. The lowest BCUT2D eigenvalue weighted by molar-refractivity contribution is 0.0721. The Morgan fingerprint density at radius 2 is 1.59 bits per heavy atom. The summed E-state index contributed by atoms with van der Waals surface area (Å²) in [6, 6.07) is 26.7. The molecule has 0 radical (unpaired) electrons. The quantitative estimate of drug-likeness (QED) is 0.325. The molecule has 1 amide bonds. The SMILES string of the molecule is C=CCCN(C(=O)c1ccccc1)C(C#Cc1ccccc1)c1ccccc1Br. The van der Waals surface area contributed by atoms with E-state index in [1.807, 2.05) is 95.9 Å². The first-order valence-corrected chi connectivity index (χ1v) is 10.3. The summed E-state index contributed by atoms with van der Waals surface area (Å²) in [5.74, 6) is 6.54. The van der Waals surface area contributed by atoms with Gasteiger partial charge in [0, 0.05) is 27.7 Å². The third-order valence-corrected chi connectivity index (χ3v) is 5.22. The van der Waals surface area contributed by atoms with E-state index in [2.05, 4.69) is 34.3 Å². The van der Waals surface area contributed by atoms with Crippen molar-refractivity contribution in [1.29, 1.82) is 0 Å². The van der Waals surface area contributed by atoms with Gasteiger partial charge in [-0.05, 0) is 36.8 Å². The number of nitrogens with zero attached hydrogens (tertiary/aromatic N) is 1. The van der Waals surface area contributed by atoms with E-state index >= 15 is 0 Å². The molecule has 3 aromatic carbocycles. The first-order chi connectivity index (χ1) is 14.2. The molecule has 2 nitrogen and oxygen atoms in total. The molecule has 3 heteroatoms. The van der Waals surface area contributed by atoms with Gasteiger partial charge in [-0.3, -0.25) is 4.79 Å². The van der Waals surface area contributed by atoms with Crippen LogP contribution in [-0.2, 0) is 0 Å². The van der Waals surface area contributed by atoms with E-state index in [-0.39, 0.29) is 5.91 Å². The molecule has 0 aliphatic heterocycles. The summed E-state index contributed by atoms with van der Waals surface area (Å²) in [6.45, 7) is 4.36. The first kappa shape index (κ1) is 20.6. The van der Waals surface area contributed by atoms with Gasteiger partial charge in [0.2, 0.25) is 0 Å². The summed E-state index contributed by atoms with van der Waals surface area (Å²) in [5, 5.41) is 0. The summed E-state index contributed by atoms with van der Waals surface area (Å²) in [6.07, 6.45) is 2.51. The van der Waals surface area contributed by atoms with Gasteiger partial charge in [0.25, 0.3) is 5.91 Å². The second kappa shape index (κ2) is 10.5. The van der Waals surface area contributed by atoms with Crippen molar-refractivity contribution in [2.45, 2.75) is 12.5 Å². The van der Waals surface area contributed by atoms with Gasteiger partial charge in [0.15, 0.2) is 0 Å². The van der Waals surface area contributed by atoms with E-state index in [4.69, 9.17) is 0 Å². The van der Waals surface area contributed by atoms with Crippen LogP contribution >= 0.6 is 15.9 Å². The fraction of sp³-hybridized carbons (Fsp3) is 0.115. The van der Waals surface area contributed by atoms with Crippen molar-refractivity contribution in [1.82, 2.24) is 4.90 Å². The Balaban J connectivity index is 2.07. The van der Waals surface area contributed by atoms with Gasteiger partial charge in [-0.25, -0.2) is 0 Å². The van der Waals surface area contributed by atoms with Crippen LogP contribution in [0.5, 0.6) is 0 Å². The standard InChI is InChI=1S/C26H22BrNO/c1-2-3-20-28(26(29)22-14-8-5-9-15-22)25(23-16-10-11-17-24(23)27)19-18-21-12-6-4-7-13-21/h2,4-17,25H,1,3,20H2. The third kappa shape index (κ3) is 5.47. The lowest BCUT2D eigenvalue weighted by atomic mass is 10.0. The van der Waals surface area contributed by atoms with E-state index in [1.165, 1.54) is 0 Å². The summed E-state index contributed by atoms with van der Waals surface area (Å²) in [4.78, 5) is 15.2. The Bertz CT molecular complexity index is 1020. The Morgan fingerprint density at radius 3 is 2.24 bits per heavy atom. The third-order valence-electron chi connectivity index (χ3n) is 4.49. The molecule has 29 heavy (non-hydrogen) atoms. The highest BCUT2D eigenvalue weighted by molar-refractivity contribution is 9.10. The average Bonchev–Trinajstić information content (AvgIpc) is 2.77. The van der Waals surface area contributed by atoms with Crippen LogP contribution in [0.1, 0.15) is 33.9 Å². The molecule has 0 N–H and O–H groups in total. The number of benzene rings is 3. The molecule has 0 spiro atoms. The van der Waals surface area contributed by atoms with Crippen LogP contribution in [0.4, 0.5) is 0 Å². The Labute approximate surface area is 181 Å². The second-order valence-corrected chi connectivity index (χ2v) is 7.36. The minimum absolute atomic E-state index is 0.0458. The van der Waals surface area contributed by atoms with Gasteiger partial charge in [0.05, 0.1) is 0 Å². The lowest BCUT2D eigenvalue weighted by Gasteiger charge is -2.29. The number of hydrogen-bond donors (Lipinski definition) is 0. The predicted molar refractivity (Wildman–Crippen MR) is 122 cm³/mol. The Morgan fingerprint density at radius 1 is 0.966 bits per heavy atom. The molecule has 0 bridgehead atoms. The Kier molecular flexibility index (Phi) is 7.44. The highest BCUT2D eigenvalue weighted by atomic mass is 79.9. The molecule has 0 saturated carbocycles. The maximum absolute atomic E-state index is 13.4. The molecule has 0 fully saturated rings. The maximum atomic E-state index is 13.4. The fourth-order valence-corrected chi connectivity index (χ4v) is 3.52. The molecule has 3 aromatic rings. The number of carbonyl (C=O) groups is 1. The number of rotatable bonds is 6. The van der Waals surface area contributed by atoms with Crippen LogP contribution in [0.2, 0.25) is 0 Å². The molecule has 0 saturated heterocycles. The topological polar surface area (TPSA) is 20.3 Å². The summed E-state index contributed by atoms with van der Waals surface area (Å²) in [7, 11) is 0. The smallest absolute Gasteiger partial charge is 0.255 e. The second-order valence-electron chi connectivity index (χ2n) is 6.50. The van der Waals surface area contributed by atoms with Gasteiger partial charge >= 0.3 is 0 Å². The van der Waals surface area contributed by atoms with Crippen LogP contribution < -0.4 is 0 Å². The molecular weight excluding hydrogens is 422 g/mol. The normalized spacial score (nSPS) is 11.1. The maximum Gasteiger partial charge on any atom is 0.255 e. The monoisotopic (exact) mass is 443 g/mol. The van der Waals surface area contributed by atoms with Crippen LogP contribution in [-0.4, -0.2) is 17.4 Å². The lowest BCUT2D eigenvalue weighted by Crippen LogP contribution is -2.35. The van der Waals surface area contributed by atoms with Crippen molar-refractivity contribution < 1.29 is 4.79 Å². The van der Waals surface area contributed by atoms with E-state index in [9.17, 15) is 4.79 Å². The molecule has 144 valence electrons. The van der Waals surface area contributed by atoms with Crippen LogP contribution in [0, 0.1) is 11.8 Å². The number of hydrogen-bond acceptors (Lipinski definition) is 1.